The molecule has 0 fully saturated rings. The van der Waals surface area contributed by atoms with Gasteiger partial charge in [0.05, 0.1) is 0 Å². The normalized spacial score (nSPS) is 12.9. The molecule has 17 heavy (non-hydrogen) atoms. The second kappa shape index (κ2) is 4.75. The van der Waals surface area contributed by atoms with E-state index < -0.39 is 0 Å². The van der Waals surface area contributed by atoms with Gasteiger partial charge >= 0.3 is 5.69 Å². The number of nitrogens with zero attached hydrogens (tertiary/aromatic N) is 4. The number of anilines is 1. The summed E-state index contributed by atoms with van der Waals surface area (Å²) in [7, 11) is 1.93. The van der Waals surface area contributed by atoms with Crippen molar-refractivity contribution < 1.29 is 0 Å². The molecule has 0 radical (unpaired) electrons. The second-order valence-electron chi connectivity index (χ2n) is 4.00. The van der Waals surface area contributed by atoms with Gasteiger partial charge in [0.2, 0.25) is 0 Å². The van der Waals surface area contributed by atoms with Gasteiger partial charge in [-0.15, -0.1) is 11.6 Å². The Morgan fingerprint density at radius 1 is 1.65 bits per heavy atom. The number of fused-ring (bicyclic) bond motifs is 1. The van der Waals surface area contributed by atoms with Crippen molar-refractivity contribution in [2.45, 2.75) is 18.7 Å². The van der Waals surface area contributed by atoms with Crippen LogP contribution in [-0.2, 0) is 0 Å². The SMILES string of the molecule is CC(Cl)CCN(C)c1cc2n[nH]c(=O)n2cn1. The van der Waals surface area contributed by atoms with Crippen molar-refractivity contribution in [3.8, 4) is 0 Å². The van der Waals surface area contributed by atoms with Gasteiger partial charge in [0.25, 0.3) is 0 Å². The van der Waals surface area contributed by atoms with Crippen molar-refractivity contribution in [2.24, 2.45) is 0 Å². The van der Waals surface area contributed by atoms with Crippen LogP contribution in [0.4, 0.5) is 5.82 Å². The van der Waals surface area contributed by atoms with Crippen LogP contribution >= 0.6 is 11.6 Å². The smallest absolute Gasteiger partial charge is 0.348 e. The first-order chi connectivity index (χ1) is 8.08. The average Bonchev–Trinajstić information content (AvgIpc) is 2.67. The molecule has 0 saturated heterocycles. The van der Waals surface area contributed by atoms with E-state index in [1.807, 2.05) is 18.9 Å². The molecule has 92 valence electrons. The Bertz CT molecular complexity index is 561. The lowest BCUT2D eigenvalue weighted by Gasteiger charge is -2.18. The van der Waals surface area contributed by atoms with E-state index in [4.69, 9.17) is 11.6 Å². The predicted octanol–water partition coefficient (Wildman–Crippen LogP) is 0.871. The van der Waals surface area contributed by atoms with Gasteiger partial charge < -0.3 is 4.90 Å². The lowest BCUT2D eigenvalue weighted by Crippen LogP contribution is -2.22. The average molecular weight is 256 g/mol. The zero-order valence-corrected chi connectivity index (χ0v) is 10.5. The highest BCUT2D eigenvalue weighted by Gasteiger charge is 2.07. The molecule has 0 aliphatic rings. The third kappa shape index (κ3) is 2.58. The Morgan fingerprint density at radius 3 is 3.12 bits per heavy atom. The maximum Gasteiger partial charge on any atom is 0.348 e. The van der Waals surface area contributed by atoms with E-state index >= 15 is 0 Å². The topological polar surface area (TPSA) is 66.3 Å². The molecule has 2 heterocycles. The van der Waals surface area contributed by atoms with E-state index in [0.717, 1.165) is 18.8 Å². The first-order valence-corrected chi connectivity index (χ1v) is 5.79. The highest BCUT2D eigenvalue weighted by molar-refractivity contribution is 6.20. The molecular formula is C10H14ClN5O. The van der Waals surface area contributed by atoms with Crippen molar-refractivity contribution in [1.82, 2.24) is 19.6 Å². The Hall–Kier alpha value is -1.56. The third-order valence-electron chi connectivity index (χ3n) is 2.55. The molecule has 0 saturated carbocycles. The first kappa shape index (κ1) is 11.9. The molecule has 7 heteroatoms. The van der Waals surface area contributed by atoms with E-state index in [9.17, 15) is 4.79 Å². The summed E-state index contributed by atoms with van der Waals surface area (Å²) in [4.78, 5) is 17.4. The Labute approximate surface area is 103 Å². The molecule has 1 atom stereocenters. The van der Waals surface area contributed by atoms with Crippen LogP contribution in [0.2, 0.25) is 0 Å². The number of halogens is 1. The number of H-pyrrole nitrogens is 1. The zero-order valence-electron chi connectivity index (χ0n) is 9.72. The first-order valence-electron chi connectivity index (χ1n) is 5.36. The van der Waals surface area contributed by atoms with Gasteiger partial charge in [-0.1, -0.05) is 0 Å². The number of nitrogens with one attached hydrogen (secondary N) is 1. The molecule has 6 nitrogen and oxygen atoms in total. The fourth-order valence-electron chi connectivity index (χ4n) is 1.49. The van der Waals surface area contributed by atoms with Gasteiger partial charge in [0.1, 0.15) is 12.1 Å². The van der Waals surface area contributed by atoms with Crippen LogP contribution in [-0.4, -0.2) is 38.6 Å². The van der Waals surface area contributed by atoms with Crippen LogP contribution < -0.4 is 10.6 Å². The van der Waals surface area contributed by atoms with Crippen molar-refractivity contribution in [2.75, 3.05) is 18.5 Å². The number of alkyl halides is 1. The quantitative estimate of drug-likeness (QED) is 0.824. The maximum absolute atomic E-state index is 11.2. The van der Waals surface area contributed by atoms with E-state index in [-0.39, 0.29) is 11.1 Å². The summed E-state index contributed by atoms with van der Waals surface area (Å²) in [6, 6.07) is 1.76. The molecule has 0 aliphatic carbocycles. The Morgan fingerprint density at radius 2 is 2.41 bits per heavy atom. The zero-order chi connectivity index (χ0) is 12.4. The number of hydrogen-bond donors (Lipinski definition) is 1. The molecule has 0 bridgehead atoms. The number of rotatable bonds is 4. The lowest BCUT2D eigenvalue weighted by atomic mass is 10.3. The monoisotopic (exact) mass is 255 g/mol. The predicted molar refractivity (Wildman–Crippen MR) is 66.8 cm³/mol. The van der Waals surface area contributed by atoms with Gasteiger partial charge in [-0.05, 0) is 13.3 Å². The summed E-state index contributed by atoms with van der Waals surface area (Å²) in [6.45, 7) is 2.77. The largest absolute Gasteiger partial charge is 0.359 e. The minimum atomic E-state index is -0.281. The van der Waals surface area contributed by atoms with E-state index in [0.29, 0.717) is 5.65 Å². The molecule has 0 aromatic carbocycles. The van der Waals surface area contributed by atoms with Gasteiger partial charge in [0.15, 0.2) is 5.65 Å². The van der Waals surface area contributed by atoms with E-state index in [1.54, 1.807) is 6.07 Å². The van der Waals surface area contributed by atoms with Gasteiger partial charge in [0, 0.05) is 25.0 Å². The fraction of sp³-hybridized carbons (Fsp3) is 0.500. The summed E-state index contributed by atoms with van der Waals surface area (Å²) in [6.07, 6.45) is 2.34. The summed E-state index contributed by atoms with van der Waals surface area (Å²) in [5.74, 6) is 0.772. The molecule has 2 aromatic heterocycles. The molecule has 0 spiro atoms. The Kier molecular flexibility index (Phi) is 3.33. The van der Waals surface area contributed by atoms with Crippen molar-refractivity contribution in [1.29, 1.82) is 0 Å². The van der Waals surface area contributed by atoms with Crippen LogP contribution in [0.1, 0.15) is 13.3 Å². The standard InChI is InChI=1S/C10H14ClN5O/c1-7(11)3-4-15(2)8-5-9-13-14-10(17)16(9)6-12-8/h5-7H,3-4H2,1-2H3,(H,14,17). The Balaban J connectivity index is 2.21. The number of aromatic nitrogens is 4. The highest BCUT2D eigenvalue weighted by Crippen LogP contribution is 2.11. The lowest BCUT2D eigenvalue weighted by molar-refractivity contribution is 0.763. The molecule has 2 rings (SSSR count). The molecular weight excluding hydrogens is 242 g/mol. The van der Waals surface area contributed by atoms with Crippen molar-refractivity contribution in [3.63, 3.8) is 0 Å². The van der Waals surface area contributed by atoms with E-state index in [2.05, 4.69) is 15.2 Å². The van der Waals surface area contributed by atoms with Gasteiger partial charge in [-0.25, -0.2) is 19.3 Å². The molecule has 0 amide bonds. The maximum atomic E-state index is 11.2. The van der Waals surface area contributed by atoms with Crippen LogP contribution in [0, 0.1) is 0 Å². The van der Waals surface area contributed by atoms with Crippen LogP contribution in [0.3, 0.4) is 0 Å². The fourth-order valence-corrected chi connectivity index (χ4v) is 1.59. The van der Waals surface area contributed by atoms with Gasteiger partial charge in [-0.3, -0.25) is 0 Å². The summed E-state index contributed by atoms with van der Waals surface area (Å²) >= 11 is 5.90. The van der Waals surface area contributed by atoms with Gasteiger partial charge in [-0.2, -0.15) is 5.10 Å². The summed E-state index contributed by atoms with van der Waals surface area (Å²) in [5.41, 5.74) is 0.279. The highest BCUT2D eigenvalue weighted by atomic mass is 35.5. The van der Waals surface area contributed by atoms with Crippen molar-refractivity contribution >= 4 is 23.1 Å². The summed E-state index contributed by atoms with van der Waals surface area (Å²) in [5, 5.41) is 6.39. The van der Waals surface area contributed by atoms with Crippen LogP contribution in [0.25, 0.3) is 5.65 Å². The molecule has 1 N–H and O–H groups in total. The minimum Gasteiger partial charge on any atom is -0.359 e. The number of aromatic amines is 1. The minimum absolute atomic E-state index is 0.134. The van der Waals surface area contributed by atoms with Crippen LogP contribution in [0.15, 0.2) is 17.2 Å². The third-order valence-corrected chi connectivity index (χ3v) is 2.77. The van der Waals surface area contributed by atoms with Crippen molar-refractivity contribution in [3.05, 3.63) is 22.9 Å². The van der Waals surface area contributed by atoms with E-state index in [1.165, 1.54) is 10.7 Å². The molecule has 2 aromatic rings. The molecule has 0 aliphatic heterocycles. The second-order valence-corrected chi connectivity index (χ2v) is 4.74. The summed E-state index contributed by atoms with van der Waals surface area (Å²) < 4.78 is 1.36. The van der Waals surface area contributed by atoms with Crippen LogP contribution in [0.5, 0.6) is 0 Å². The number of hydrogen-bond acceptors (Lipinski definition) is 4. The molecule has 1 unspecified atom stereocenters.